The number of benzene rings is 2. The summed E-state index contributed by atoms with van der Waals surface area (Å²) < 4.78 is 16.3. The van der Waals surface area contributed by atoms with Crippen molar-refractivity contribution in [3.8, 4) is 11.5 Å². The van der Waals surface area contributed by atoms with E-state index in [0.717, 1.165) is 33.1 Å². The van der Waals surface area contributed by atoms with Gasteiger partial charge in [0.2, 0.25) is 12.7 Å². The Kier molecular flexibility index (Phi) is 7.28. The molecule has 5 rings (SSSR count). The van der Waals surface area contributed by atoms with Crippen LogP contribution in [-0.2, 0) is 20.9 Å². The van der Waals surface area contributed by atoms with Gasteiger partial charge in [-0.1, -0.05) is 54.2 Å². The zero-order valence-corrected chi connectivity index (χ0v) is 22.4. The third-order valence-electron chi connectivity index (χ3n) is 6.55. The summed E-state index contributed by atoms with van der Waals surface area (Å²) in [5, 5.41) is 5.65. The van der Waals surface area contributed by atoms with Crippen LogP contribution in [0.3, 0.4) is 0 Å². The molecule has 3 aliphatic heterocycles. The molecule has 0 unspecified atom stereocenters. The Balaban J connectivity index is 1.40. The molecule has 0 aliphatic carbocycles. The highest BCUT2D eigenvalue weighted by atomic mass is 32.2. The average molecular weight is 532 g/mol. The molecular formula is C29H29N3O5S. The van der Waals surface area contributed by atoms with E-state index in [1.54, 1.807) is 6.08 Å². The predicted octanol–water partition coefficient (Wildman–Crippen LogP) is 5.04. The minimum absolute atomic E-state index is 0.103. The van der Waals surface area contributed by atoms with Gasteiger partial charge in [0.05, 0.1) is 23.7 Å². The van der Waals surface area contributed by atoms with E-state index in [1.807, 2.05) is 61.4 Å². The number of thioether (sulfide) groups is 1. The van der Waals surface area contributed by atoms with Crippen molar-refractivity contribution in [2.45, 2.75) is 39.8 Å². The highest BCUT2D eigenvalue weighted by Crippen LogP contribution is 2.45. The zero-order valence-electron chi connectivity index (χ0n) is 21.6. The molecule has 0 aromatic heterocycles. The Labute approximate surface area is 226 Å². The summed E-state index contributed by atoms with van der Waals surface area (Å²) in [6.07, 6.45) is 1.67. The summed E-state index contributed by atoms with van der Waals surface area (Å²) in [6.45, 7) is 10.2. The first kappa shape index (κ1) is 25.7. The van der Waals surface area contributed by atoms with Crippen LogP contribution in [0.4, 0.5) is 0 Å². The molecule has 9 heteroatoms. The Bertz CT molecular complexity index is 1410. The summed E-state index contributed by atoms with van der Waals surface area (Å²) in [5.74, 6) is 0.792. The van der Waals surface area contributed by atoms with Crippen LogP contribution in [0.2, 0.25) is 0 Å². The molecule has 1 N–H and O–H groups in total. The van der Waals surface area contributed by atoms with Gasteiger partial charge in [-0.2, -0.15) is 0 Å². The molecule has 38 heavy (non-hydrogen) atoms. The number of fused-ring (bicyclic) bond motifs is 2. The Morgan fingerprint density at radius 3 is 2.82 bits per heavy atom. The van der Waals surface area contributed by atoms with Gasteiger partial charge in [-0.3, -0.25) is 4.79 Å². The van der Waals surface area contributed by atoms with Gasteiger partial charge in [0, 0.05) is 12.2 Å². The van der Waals surface area contributed by atoms with Gasteiger partial charge < -0.3 is 24.4 Å². The first-order valence-corrected chi connectivity index (χ1v) is 13.2. The topological polar surface area (TPSA) is 89.5 Å². The van der Waals surface area contributed by atoms with Crippen molar-refractivity contribution in [1.82, 2.24) is 10.2 Å². The second-order valence-corrected chi connectivity index (χ2v) is 10.1. The summed E-state index contributed by atoms with van der Waals surface area (Å²) in [4.78, 5) is 33.0. The van der Waals surface area contributed by atoms with Crippen LogP contribution in [-0.4, -0.2) is 35.3 Å². The number of hydrogen-bond acceptors (Lipinski definition) is 8. The lowest BCUT2D eigenvalue weighted by Crippen LogP contribution is -2.38. The monoisotopic (exact) mass is 531 g/mol. The first-order valence-electron chi connectivity index (χ1n) is 12.3. The molecule has 2 aromatic carbocycles. The number of carbonyl (C=O) groups excluding carboxylic acids is 2. The van der Waals surface area contributed by atoms with E-state index in [2.05, 4.69) is 18.0 Å². The van der Waals surface area contributed by atoms with Crippen LogP contribution in [0.25, 0.3) is 0 Å². The van der Waals surface area contributed by atoms with Crippen LogP contribution in [0, 0.1) is 13.8 Å². The fourth-order valence-corrected chi connectivity index (χ4v) is 5.63. The van der Waals surface area contributed by atoms with Gasteiger partial charge in [0.25, 0.3) is 0 Å². The van der Waals surface area contributed by atoms with Crippen LogP contribution in [0.1, 0.15) is 41.6 Å². The van der Waals surface area contributed by atoms with Crippen molar-refractivity contribution >= 4 is 28.8 Å². The first-order chi connectivity index (χ1) is 18.4. The highest BCUT2D eigenvalue weighted by Gasteiger charge is 2.41. The molecule has 1 amide bonds. The number of ether oxygens (including phenoxy) is 3. The zero-order chi connectivity index (χ0) is 26.8. The number of aryl methyl sites for hydroxylation is 2. The molecule has 3 aliphatic rings. The number of amides is 1. The van der Waals surface area contributed by atoms with Gasteiger partial charge in [-0.05, 0) is 55.0 Å². The molecule has 196 valence electrons. The summed E-state index contributed by atoms with van der Waals surface area (Å²) in [6, 6.07) is 11.3. The molecule has 8 nitrogen and oxygen atoms in total. The average Bonchev–Trinajstić information content (AvgIpc) is 3.53. The molecular weight excluding hydrogens is 502 g/mol. The Morgan fingerprint density at radius 1 is 1.18 bits per heavy atom. The van der Waals surface area contributed by atoms with Crippen LogP contribution < -0.4 is 14.8 Å². The number of rotatable bonds is 8. The van der Waals surface area contributed by atoms with E-state index in [9.17, 15) is 9.59 Å². The third-order valence-corrected chi connectivity index (χ3v) is 7.44. The molecule has 0 radical (unpaired) electrons. The number of hydrogen-bond donors (Lipinski definition) is 1. The quantitative estimate of drug-likeness (QED) is 0.377. The molecule has 3 heterocycles. The fourth-order valence-electron chi connectivity index (χ4n) is 4.67. The number of nitrogens with one attached hydrogen (secondary N) is 1. The Morgan fingerprint density at radius 2 is 2.00 bits per heavy atom. The maximum atomic E-state index is 13.3. The number of amidine groups is 1. The third kappa shape index (κ3) is 5.06. The van der Waals surface area contributed by atoms with E-state index in [0.29, 0.717) is 29.3 Å². The standard InChI is InChI=1S/C29H29N3O5S/c1-5-10-35-28(34)26-19(4)31-29-32(27(26)22-11-17(2)6-7-18(22)3)21(15-38-29)13-25(33)30-14-20-8-9-23-24(12-20)37-16-36-23/h5-9,11-12,15,27H,1,10,13-14,16H2,2-4H3,(H,30,33)/t27-/m0/s1. The van der Waals surface area contributed by atoms with Crippen molar-refractivity contribution in [3.05, 3.63) is 93.7 Å². The summed E-state index contributed by atoms with van der Waals surface area (Å²) in [7, 11) is 0. The molecule has 0 fully saturated rings. The van der Waals surface area contributed by atoms with E-state index in [-0.39, 0.29) is 25.7 Å². The minimum atomic E-state index is -0.470. The van der Waals surface area contributed by atoms with Gasteiger partial charge in [-0.15, -0.1) is 0 Å². The largest absolute Gasteiger partial charge is 0.458 e. The van der Waals surface area contributed by atoms with E-state index >= 15 is 0 Å². The number of esters is 1. The van der Waals surface area contributed by atoms with Crippen LogP contribution in [0.5, 0.6) is 11.5 Å². The van der Waals surface area contributed by atoms with E-state index in [4.69, 9.17) is 19.2 Å². The van der Waals surface area contributed by atoms with Gasteiger partial charge >= 0.3 is 5.97 Å². The lowest BCUT2D eigenvalue weighted by molar-refractivity contribution is -0.138. The predicted molar refractivity (Wildman–Crippen MR) is 146 cm³/mol. The Hall–Kier alpha value is -3.98. The number of allylic oxidation sites excluding steroid dienone is 1. The molecule has 0 saturated heterocycles. The lowest BCUT2D eigenvalue weighted by atomic mass is 9.90. The smallest absolute Gasteiger partial charge is 0.338 e. The minimum Gasteiger partial charge on any atom is -0.458 e. The number of nitrogens with zero attached hydrogens (tertiary/aromatic N) is 2. The van der Waals surface area contributed by atoms with Crippen molar-refractivity contribution in [3.63, 3.8) is 0 Å². The lowest BCUT2D eigenvalue weighted by Gasteiger charge is -2.37. The molecule has 0 saturated carbocycles. The second-order valence-electron chi connectivity index (χ2n) is 9.28. The fraction of sp³-hybridized carbons (Fsp3) is 0.276. The van der Waals surface area contributed by atoms with E-state index < -0.39 is 12.0 Å². The van der Waals surface area contributed by atoms with Gasteiger partial charge in [-0.25, -0.2) is 9.79 Å². The maximum Gasteiger partial charge on any atom is 0.338 e. The van der Waals surface area contributed by atoms with Crippen LogP contribution >= 0.6 is 11.8 Å². The van der Waals surface area contributed by atoms with Crippen molar-refractivity contribution in [1.29, 1.82) is 0 Å². The molecule has 2 aromatic rings. The van der Waals surface area contributed by atoms with Crippen molar-refractivity contribution < 1.29 is 23.8 Å². The van der Waals surface area contributed by atoms with Gasteiger partial charge in [0.15, 0.2) is 16.7 Å². The summed E-state index contributed by atoms with van der Waals surface area (Å²) in [5.41, 5.74) is 5.82. The molecule has 0 spiro atoms. The van der Waals surface area contributed by atoms with Crippen LogP contribution in [0.15, 0.2) is 76.4 Å². The molecule has 0 bridgehead atoms. The number of carbonyl (C=O) groups is 2. The van der Waals surface area contributed by atoms with E-state index in [1.165, 1.54) is 11.8 Å². The SMILES string of the molecule is C=CCOC(=O)C1=C(C)N=C2SC=C(CC(=O)NCc3ccc4c(c3)OCO4)N2[C@H]1c1cc(C)ccc1C. The maximum absolute atomic E-state index is 13.3. The van der Waals surface area contributed by atoms with Crippen molar-refractivity contribution in [2.24, 2.45) is 4.99 Å². The summed E-state index contributed by atoms with van der Waals surface area (Å²) >= 11 is 1.45. The van der Waals surface area contributed by atoms with Crippen molar-refractivity contribution in [2.75, 3.05) is 13.4 Å². The number of aliphatic imine (C=N–C) groups is 1. The van der Waals surface area contributed by atoms with Gasteiger partial charge in [0.1, 0.15) is 6.61 Å². The molecule has 1 atom stereocenters. The highest BCUT2D eigenvalue weighted by molar-refractivity contribution is 8.16. The normalized spacial score (nSPS) is 17.6. The second kappa shape index (κ2) is 10.8.